The van der Waals surface area contributed by atoms with Crippen LogP contribution in [-0.2, 0) is 9.59 Å². The molecule has 0 aromatic heterocycles. The number of hydrogen-bond donors (Lipinski definition) is 0. The first-order chi connectivity index (χ1) is 15.1. The van der Waals surface area contributed by atoms with Crippen LogP contribution in [0.3, 0.4) is 0 Å². The molecule has 0 saturated carbocycles. The predicted molar refractivity (Wildman–Crippen MR) is 125 cm³/mol. The number of carboxylic acids is 2. The van der Waals surface area contributed by atoms with Crippen molar-refractivity contribution < 1.29 is 57.5 Å². The molecule has 0 aliphatic heterocycles. The molecule has 33 heavy (non-hydrogen) atoms. The van der Waals surface area contributed by atoms with Crippen LogP contribution in [-0.4, -0.2) is 11.9 Å². The standard InChI is InChI=1S/C27H50O4.2Li/c1-2-3-4-5-6-7-8-9-10-11-12-13-14-15-16-17-18-19-20-21-22-25(27(30)31)23-24-26(28)29;;/h21-22,25H,2-20,23-24H2,1H3,(H,28,29)(H,30,31);;/q;2*+1/p-2/b22-21+;;. The van der Waals surface area contributed by atoms with Crippen LogP contribution in [0.15, 0.2) is 12.2 Å². The van der Waals surface area contributed by atoms with Gasteiger partial charge in [-0.15, -0.1) is 0 Å². The number of carbonyl (C=O) groups excluding carboxylic acids is 2. The van der Waals surface area contributed by atoms with Gasteiger partial charge in [0.2, 0.25) is 0 Å². The summed E-state index contributed by atoms with van der Waals surface area (Å²) in [6, 6.07) is 0. The fourth-order valence-corrected chi connectivity index (χ4v) is 3.99. The van der Waals surface area contributed by atoms with E-state index in [1.165, 1.54) is 103 Å². The molecule has 0 saturated heterocycles. The summed E-state index contributed by atoms with van der Waals surface area (Å²) in [6.45, 7) is 2.27. The van der Waals surface area contributed by atoms with E-state index >= 15 is 0 Å². The summed E-state index contributed by atoms with van der Waals surface area (Å²) in [6.07, 6.45) is 28.3. The van der Waals surface area contributed by atoms with Crippen molar-refractivity contribution in [3.05, 3.63) is 12.2 Å². The Morgan fingerprint density at radius 2 is 1.00 bits per heavy atom. The van der Waals surface area contributed by atoms with Gasteiger partial charge < -0.3 is 19.8 Å². The quantitative estimate of drug-likeness (QED) is 0.117. The van der Waals surface area contributed by atoms with Crippen LogP contribution >= 0.6 is 0 Å². The molecule has 1 atom stereocenters. The molecule has 0 rings (SSSR count). The maximum absolute atomic E-state index is 11.0. The van der Waals surface area contributed by atoms with Gasteiger partial charge in [-0.1, -0.05) is 128 Å². The Bertz CT molecular complexity index is 455. The van der Waals surface area contributed by atoms with Gasteiger partial charge in [-0.3, -0.25) is 0 Å². The van der Waals surface area contributed by atoms with Gasteiger partial charge >= 0.3 is 37.7 Å². The van der Waals surface area contributed by atoms with Crippen molar-refractivity contribution in [1.82, 2.24) is 0 Å². The number of unbranched alkanes of at least 4 members (excludes halogenated alkanes) is 18. The van der Waals surface area contributed by atoms with Crippen molar-refractivity contribution in [1.29, 1.82) is 0 Å². The first-order valence-corrected chi connectivity index (χ1v) is 13.1. The molecule has 0 aliphatic rings. The van der Waals surface area contributed by atoms with Crippen LogP contribution in [0.2, 0.25) is 0 Å². The molecule has 1 unspecified atom stereocenters. The Balaban J connectivity index is -0.00000450. The number of allylic oxidation sites excluding steroid dienone is 1. The minimum Gasteiger partial charge on any atom is -0.550 e. The summed E-state index contributed by atoms with van der Waals surface area (Å²) < 4.78 is 0. The van der Waals surface area contributed by atoms with Crippen LogP contribution in [0.5, 0.6) is 0 Å². The summed E-state index contributed by atoms with van der Waals surface area (Å²) in [5.41, 5.74) is 0. The average Bonchev–Trinajstić information content (AvgIpc) is 2.73. The average molecular weight is 451 g/mol. The molecule has 0 bridgehead atoms. The SMILES string of the molecule is CCCCCCCCCCCCCCCCCCCC/C=C/C(CCC(=O)[O-])C(=O)[O-].[Li+].[Li+]. The Kier molecular flexibility index (Phi) is 33.9. The van der Waals surface area contributed by atoms with Crippen molar-refractivity contribution in [2.45, 2.75) is 142 Å². The minimum atomic E-state index is -1.22. The summed E-state index contributed by atoms with van der Waals surface area (Å²) >= 11 is 0. The van der Waals surface area contributed by atoms with Crippen molar-refractivity contribution >= 4 is 11.9 Å². The largest absolute Gasteiger partial charge is 1.00 e. The molecule has 0 aromatic carbocycles. The smallest absolute Gasteiger partial charge is 0.550 e. The number of aliphatic carboxylic acids is 2. The molecule has 6 heteroatoms. The maximum Gasteiger partial charge on any atom is 1.00 e. The molecule has 0 aliphatic carbocycles. The number of carboxylic acid groups (broad SMARTS) is 2. The van der Waals surface area contributed by atoms with Crippen LogP contribution < -0.4 is 47.9 Å². The molecule has 4 nitrogen and oxygen atoms in total. The molecule has 0 fully saturated rings. The second-order valence-corrected chi connectivity index (χ2v) is 9.06. The third-order valence-electron chi connectivity index (χ3n) is 6.05. The maximum atomic E-state index is 11.0. The van der Waals surface area contributed by atoms with Gasteiger partial charge in [0.25, 0.3) is 0 Å². The molecule has 0 N–H and O–H groups in total. The third-order valence-corrected chi connectivity index (χ3v) is 6.05. The zero-order valence-electron chi connectivity index (χ0n) is 22.2. The normalized spacial score (nSPS) is 11.7. The molecule has 182 valence electrons. The van der Waals surface area contributed by atoms with E-state index < -0.39 is 17.9 Å². The van der Waals surface area contributed by atoms with E-state index in [1.807, 2.05) is 6.08 Å². The van der Waals surface area contributed by atoms with Gasteiger partial charge in [0.15, 0.2) is 0 Å². The van der Waals surface area contributed by atoms with Crippen LogP contribution in [0.4, 0.5) is 0 Å². The van der Waals surface area contributed by atoms with E-state index in [9.17, 15) is 19.8 Å². The van der Waals surface area contributed by atoms with Crippen LogP contribution in [0, 0.1) is 5.92 Å². The minimum absolute atomic E-state index is 0. The second kappa shape index (κ2) is 29.9. The topological polar surface area (TPSA) is 80.3 Å². The zero-order chi connectivity index (χ0) is 23.0. The van der Waals surface area contributed by atoms with Crippen LogP contribution in [0.25, 0.3) is 0 Å². The predicted octanol–water partition coefficient (Wildman–Crippen LogP) is -0.121. The van der Waals surface area contributed by atoms with Crippen molar-refractivity contribution in [2.24, 2.45) is 5.92 Å². The summed E-state index contributed by atoms with van der Waals surface area (Å²) in [5.74, 6) is -3.26. The Labute approximate surface area is 228 Å². The fourth-order valence-electron chi connectivity index (χ4n) is 3.99. The van der Waals surface area contributed by atoms with Gasteiger partial charge in [-0.25, -0.2) is 0 Å². The number of hydrogen-bond acceptors (Lipinski definition) is 4. The molecular formula is C27H48Li2O4. The third kappa shape index (κ3) is 29.8. The Morgan fingerprint density at radius 1 is 0.636 bits per heavy atom. The Hall–Kier alpha value is -0.125. The van der Waals surface area contributed by atoms with Crippen molar-refractivity contribution in [2.75, 3.05) is 0 Å². The first-order valence-electron chi connectivity index (χ1n) is 13.1. The van der Waals surface area contributed by atoms with E-state index in [0.717, 1.165) is 19.3 Å². The summed E-state index contributed by atoms with van der Waals surface area (Å²) in [7, 11) is 0. The number of carbonyl (C=O) groups is 2. The van der Waals surface area contributed by atoms with Crippen molar-refractivity contribution in [3.8, 4) is 0 Å². The summed E-state index contributed by atoms with van der Waals surface area (Å²) in [5, 5.41) is 21.4. The molecule has 0 radical (unpaired) electrons. The molecular weight excluding hydrogens is 402 g/mol. The van der Waals surface area contributed by atoms with E-state index in [1.54, 1.807) is 6.08 Å². The molecule has 0 amide bonds. The van der Waals surface area contributed by atoms with Gasteiger partial charge in [0.05, 0.1) is 0 Å². The number of rotatable bonds is 24. The van der Waals surface area contributed by atoms with E-state index in [0.29, 0.717) is 0 Å². The first kappa shape index (κ1) is 37.4. The van der Waals surface area contributed by atoms with Crippen LogP contribution in [0.1, 0.15) is 142 Å². The van der Waals surface area contributed by atoms with E-state index in [-0.39, 0.29) is 50.6 Å². The zero-order valence-corrected chi connectivity index (χ0v) is 22.2. The molecule has 0 heterocycles. The molecule has 0 spiro atoms. The monoisotopic (exact) mass is 450 g/mol. The van der Waals surface area contributed by atoms with E-state index in [4.69, 9.17) is 0 Å². The van der Waals surface area contributed by atoms with E-state index in [2.05, 4.69) is 6.92 Å². The van der Waals surface area contributed by atoms with Gasteiger partial charge in [0.1, 0.15) is 0 Å². The van der Waals surface area contributed by atoms with Gasteiger partial charge in [-0.2, -0.15) is 0 Å². The van der Waals surface area contributed by atoms with Gasteiger partial charge in [-0.05, 0) is 25.7 Å². The molecule has 0 aromatic rings. The van der Waals surface area contributed by atoms with Crippen molar-refractivity contribution in [3.63, 3.8) is 0 Å². The Morgan fingerprint density at radius 3 is 1.33 bits per heavy atom. The van der Waals surface area contributed by atoms with Gasteiger partial charge in [0, 0.05) is 17.9 Å². The summed E-state index contributed by atoms with van der Waals surface area (Å²) in [4.78, 5) is 21.4. The fraction of sp³-hybridized carbons (Fsp3) is 0.852. The second-order valence-electron chi connectivity index (χ2n) is 9.06.